The summed E-state index contributed by atoms with van der Waals surface area (Å²) in [5, 5.41) is 0. The van der Waals surface area contributed by atoms with E-state index in [2.05, 4.69) is 4.98 Å². The van der Waals surface area contributed by atoms with Gasteiger partial charge in [0.25, 0.3) is 0 Å². The Kier molecular flexibility index (Phi) is 8.75. The minimum atomic E-state index is -0.516. The second kappa shape index (κ2) is 12.8. The van der Waals surface area contributed by atoms with E-state index >= 15 is 0 Å². The van der Waals surface area contributed by atoms with Crippen LogP contribution in [0.3, 0.4) is 0 Å². The van der Waals surface area contributed by atoms with Gasteiger partial charge in [-0.15, -0.1) is 0 Å². The number of hydrogen-bond acceptors (Lipinski definition) is 6. The summed E-state index contributed by atoms with van der Waals surface area (Å²) >= 11 is 0. The molecule has 0 unspecified atom stereocenters. The molecule has 1 aromatic heterocycles. The topological polar surface area (TPSA) is 74.7 Å². The smallest absolute Gasteiger partial charge is 0.338 e. The molecule has 4 aromatic rings. The quantitative estimate of drug-likeness (QED) is 0.101. The zero-order valence-electron chi connectivity index (χ0n) is 19.9. The Labute approximate surface area is 214 Å². The molecule has 0 bridgehead atoms. The Morgan fingerprint density at radius 2 is 1.54 bits per heavy atom. The van der Waals surface area contributed by atoms with Crippen molar-refractivity contribution in [3.05, 3.63) is 126 Å². The number of carbonyl (C=O) groups excluding carboxylic acids is 2. The molecule has 1 heterocycles. The number of nitrogens with zero attached hydrogens (tertiary/aromatic N) is 1. The van der Waals surface area contributed by atoms with Crippen molar-refractivity contribution in [2.24, 2.45) is 0 Å². The van der Waals surface area contributed by atoms with Gasteiger partial charge >= 0.3 is 5.97 Å². The van der Waals surface area contributed by atoms with E-state index in [4.69, 9.17) is 14.2 Å². The molecule has 0 aliphatic carbocycles. The van der Waals surface area contributed by atoms with Crippen molar-refractivity contribution in [1.82, 2.24) is 4.98 Å². The molecule has 3 aromatic carbocycles. The van der Waals surface area contributed by atoms with Crippen LogP contribution in [0.1, 0.15) is 32.7 Å². The summed E-state index contributed by atoms with van der Waals surface area (Å²) in [6, 6.07) is 25.0. The van der Waals surface area contributed by atoms with Gasteiger partial charge in [0.05, 0.1) is 18.8 Å². The molecule has 37 heavy (non-hydrogen) atoms. The summed E-state index contributed by atoms with van der Waals surface area (Å²) in [7, 11) is 0. The number of ketones is 1. The minimum Gasteiger partial charge on any atom is -0.493 e. The molecule has 0 saturated heterocycles. The van der Waals surface area contributed by atoms with Gasteiger partial charge in [0, 0.05) is 24.2 Å². The molecule has 0 atom stereocenters. The zero-order chi connectivity index (χ0) is 25.9. The lowest BCUT2D eigenvalue weighted by Gasteiger charge is -2.09. The third-order valence-corrected chi connectivity index (χ3v) is 5.16. The van der Waals surface area contributed by atoms with Crippen LogP contribution in [0.4, 0.5) is 4.39 Å². The lowest BCUT2D eigenvalue weighted by molar-refractivity contribution is 0.0485. The van der Waals surface area contributed by atoms with Gasteiger partial charge in [0.2, 0.25) is 5.88 Å². The predicted octanol–water partition coefficient (Wildman–Crippen LogP) is 6.54. The van der Waals surface area contributed by atoms with Gasteiger partial charge in [-0.3, -0.25) is 4.79 Å². The number of hydrogen-bond donors (Lipinski definition) is 0. The average Bonchev–Trinajstić information content (AvgIpc) is 2.94. The van der Waals surface area contributed by atoms with Gasteiger partial charge in [0.1, 0.15) is 17.3 Å². The third-order valence-electron chi connectivity index (χ3n) is 5.16. The molecule has 0 saturated carbocycles. The fourth-order valence-electron chi connectivity index (χ4n) is 3.26. The van der Waals surface area contributed by atoms with E-state index in [1.807, 2.05) is 30.3 Å². The number of ether oxygens (including phenoxy) is 3. The number of pyridine rings is 1. The van der Waals surface area contributed by atoms with Gasteiger partial charge in [-0.25, -0.2) is 14.2 Å². The summed E-state index contributed by atoms with van der Waals surface area (Å²) < 4.78 is 29.5. The number of benzene rings is 3. The van der Waals surface area contributed by atoms with Crippen LogP contribution in [0.5, 0.6) is 17.4 Å². The van der Waals surface area contributed by atoms with Crippen molar-refractivity contribution >= 4 is 17.8 Å². The molecule has 186 valence electrons. The van der Waals surface area contributed by atoms with Crippen molar-refractivity contribution in [1.29, 1.82) is 0 Å². The molecule has 0 spiro atoms. The molecule has 0 fully saturated rings. The van der Waals surface area contributed by atoms with Crippen molar-refractivity contribution in [2.75, 3.05) is 13.2 Å². The largest absolute Gasteiger partial charge is 0.493 e. The summed E-state index contributed by atoms with van der Waals surface area (Å²) in [4.78, 5) is 28.7. The molecule has 0 amide bonds. The maximum Gasteiger partial charge on any atom is 0.338 e. The Morgan fingerprint density at radius 1 is 0.811 bits per heavy atom. The Bertz CT molecular complexity index is 1350. The zero-order valence-corrected chi connectivity index (χ0v) is 19.9. The molecule has 7 heteroatoms. The first-order chi connectivity index (χ1) is 18.1. The highest BCUT2D eigenvalue weighted by molar-refractivity contribution is 6.06. The van der Waals surface area contributed by atoms with Crippen LogP contribution in [0.25, 0.3) is 6.08 Å². The lowest BCUT2D eigenvalue weighted by atomic mass is 10.1. The van der Waals surface area contributed by atoms with E-state index in [-0.39, 0.29) is 29.7 Å². The van der Waals surface area contributed by atoms with Crippen LogP contribution >= 0.6 is 0 Å². The molecule has 4 rings (SSSR count). The first-order valence-electron chi connectivity index (χ1n) is 11.6. The lowest BCUT2D eigenvalue weighted by Crippen LogP contribution is -2.09. The molecule has 0 aliphatic rings. The number of carbonyl (C=O) groups is 2. The van der Waals surface area contributed by atoms with Gasteiger partial charge in [-0.05, 0) is 66.2 Å². The first-order valence-corrected chi connectivity index (χ1v) is 11.6. The molecule has 0 radical (unpaired) electrons. The Balaban J connectivity index is 1.18. The summed E-state index contributed by atoms with van der Waals surface area (Å²) in [5.74, 6) is 0.231. The SMILES string of the molecule is O=C(C=Cc1ccccc1)c1ccc(OCCCOC(=O)c2ccnc(Oc3ccc(F)cc3)c2)cc1. The molecular formula is C30H24FNO5. The van der Waals surface area contributed by atoms with Crippen LogP contribution < -0.4 is 9.47 Å². The molecule has 0 aliphatic heterocycles. The van der Waals surface area contributed by atoms with E-state index in [1.165, 1.54) is 42.6 Å². The normalized spacial score (nSPS) is 10.7. The van der Waals surface area contributed by atoms with Crippen molar-refractivity contribution < 1.29 is 28.2 Å². The number of halogens is 1. The van der Waals surface area contributed by atoms with Crippen molar-refractivity contribution in [2.45, 2.75) is 6.42 Å². The van der Waals surface area contributed by atoms with E-state index in [9.17, 15) is 14.0 Å². The number of esters is 1. The van der Waals surface area contributed by atoms with Gasteiger partial charge in [0.15, 0.2) is 5.78 Å². The highest BCUT2D eigenvalue weighted by atomic mass is 19.1. The van der Waals surface area contributed by atoms with Gasteiger partial charge < -0.3 is 14.2 Å². The van der Waals surface area contributed by atoms with Crippen molar-refractivity contribution in [3.63, 3.8) is 0 Å². The number of aromatic nitrogens is 1. The van der Waals surface area contributed by atoms with Gasteiger partial charge in [-0.1, -0.05) is 36.4 Å². The monoisotopic (exact) mass is 497 g/mol. The number of allylic oxidation sites excluding steroid dienone is 1. The third kappa shape index (κ3) is 7.86. The predicted molar refractivity (Wildman–Crippen MR) is 137 cm³/mol. The highest BCUT2D eigenvalue weighted by Crippen LogP contribution is 2.20. The second-order valence-corrected chi connectivity index (χ2v) is 7.91. The van der Waals surface area contributed by atoms with E-state index in [0.717, 1.165) is 5.56 Å². The van der Waals surface area contributed by atoms with E-state index in [1.54, 1.807) is 36.4 Å². The fourth-order valence-corrected chi connectivity index (χ4v) is 3.26. The first kappa shape index (κ1) is 25.3. The standard InChI is InChI=1S/C30H24FNO5/c31-25-10-14-27(15-11-25)37-29-21-24(17-18-32-29)30(34)36-20-4-19-35-26-12-8-23(9-13-26)28(33)16-7-22-5-2-1-3-6-22/h1-3,5-18,21H,4,19-20H2. The summed E-state index contributed by atoms with van der Waals surface area (Å²) in [6.07, 6.45) is 5.24. The Hall–Kier alpha value is -4.78. The summed E-state index contributed by atoms with van der Waals surface area (Å²) in [6.45, 7) is 0.500. The van der Waals surface area contributed by atoms with Crippen LogP contribution in [-0.2, 0) is 4.74 Å². The van der Waals surface area contributed by atoms with Gasteiger partial charge in [-0.2, -0.15) is 0 Å². The summed E-state index contributed by atoms with van der Waals surface area (Å²) in [5.41, 5.74) is 1.81. The minimum absolute atomic E-state index is 0.0929. The second-order valence-electron chi connectivity index (χ2n) is 7.91. The fraction of sp³-hybridized carbons (Fsp3) is 0.100. The maximum atomic E-state index is 13.0. The number of rotatable bonds is 11. The highest BCUT2D eigenvalue weighted by Gasteiger charge is 2.10. The van der Waals surface area contributed by atoms with E-state index in [0.29, 0.717) is 30.1 Å². The Morgan fingerprint density at radius 3 is 2.30 bits per heavy atom. The van der Waals surface area contributed by atoms with Crippen LogP contribution in [0.2, 0.25) is 0 Å². The maximum absolute atomic E-state index is 13.0. The van der Waals surface area contributed by atoms with Crippen LogP contribution in [0.15, 0.2) is 103 Å². The van der Waals surface area contributed by atoms with E-state index < -0.39 is 5.97 Å². The van der Waals surface area contributed by atoms with Crippen molar-refractivity contribution in [3.8, 4) is 17.4 Å². The molecule has 0 N–H and O–H groups in total. The molecule has 6 nitrogen and oxygen atoms in total. The van der Waals surface area contributed by atoms with Crippen LogP contribution in [-0.4, -0.2) is 30.0 Å². The average molecular weight is 498 g/mol. The molecular weight excluding hydrogens is 473 g/mol. The van der Waals surface area contributed by atoms with Crippen LogP contribution in [0, 0.1) is 5.82 Å².